The lowest BCUT2D eigenvalue weighted by atomic mass is 9.89. The third-order valence-corrected chi connectivity index (χ3v) is 5.57. The fourth-order valence-electron chi connectivity index (χ4n) is 2.99. The summed E-state index contributed by atoms with van der Waals surface area (Å²) < 4.78 is 29.4. The van der Waals surface area contributed by atoms with Gasteiger partial charge in [0.05, 0.1) is 6.20 Å². The molecular weight excluding hydrogens is 448 g/mol. The van der Waals surface area contributed by atoms with Gasteiger partial charge in [-0.3, -0.25) is 9.78 Å². The van der Waals surface area contributed by atoms with Crippen LogP contribution in [0.3, 0.4) is 0 Å². The van der Waals surface area contributed by atoms with Gasteiger partial charge in [-0.2, -0.15) is 0 Å². The molecule has 6 heteroatoms. The summed E-state index contributed by atoms with van der Waals surface area (Å²) in [6.07, 6.45) is 2.66. The van der Waals surface area contributed by atoms with Crippen molar-refractivity contribution in [1.29, 1.82) is 0 Å². The van der Waals surface area contributed by atoms with Crippen LogP contribution in [0.15, 0.2) is 65.4 Å². The average molecular weight is 465 g/mol. The van der Waals surface area contributed by atoms with E-state index >= 15 is 4.39 Å². The second-order valence-corrected chi connectivity index (χ2v) is 7.95. The molecule has 2 aromatic carbocycles. The van der Waals surface area contributed by atoms with Gasteiger partial charge in [0.2, 0.25) is 0 Å². The van der Waals surface area contributed by atoms with Crippen molar-refractivity contribution in [2.24, 2.45) is 0 Å². The smallest absolute Gasteiger partial charge is 0.164 e. The maximum atomic E-state index is 15.3. The zero-order valence-corrected chi connectivity index (χ0v) is 17.4. The molecule has 0 radical (unpaired) electrons. The monoisotopic (exact) mass is 463 g/mol. The summed E-state index contributed by atoms with van der Waals surface area (Å²) in [6.45, 7) is 1.41. The van der Waals surface area contributed by atoms with E-state index in [-0.39, 0.29) is 23.6 Å². The first-order chi connectivity index (χ1) is 13.3. The van der Waals surface area contributed by atoms with E-state index in [0.29, 0.717) is 26.7 Å². The van der Waals surface area contributed by atoms with E-state index in [1.165, 1.54) is 19.2 Å². The summed E-state index contributed by atoms with van der Waals surface area (Å²) in [7, 11) is 0. The quantitative estimate of drug-likeness (QED) is 0.363. The maximum Gasteiger partial charge on any atom is 0.164 e. The molecule has 144 valence electrons. The van der Waals surface area contributed by atoms with E-state index in [2.05, 4.69) is 20.9 Å². The summed E-state index contributed by atoms with van der Waals surface area (Å²) in [4.78, 5) is 16.2. The number of rotatable bonds is 6. The van der Waals surface area contributed by atoms with Crippen LogP contribution in [-0.2, 0) is 5.67 Å². The number of benzene rings is 2. The lowest BCUT2D eigenvalue weighted by Gasteiger charge is -2.22. The van der Waals surface area contributed by atoms with Crippen molar-refractivity contribution in [3.05, 3.63) is 87.4 Å². The van der Waals surface area contributed by atoms with Crippen LogP contribution in [0.2, 0.25) is 5.02 Å². The molecule has 0 aliphatic rings. The Bertz CT molecular complexity index is 1020. The van der Waals surface area contributed by atoms with Crippen molar-refractivity contribution in [2.75, 3.05) is 0 Å². The highest BCUT2D eigenvalue weighted by molar-refractivity contribution is 9.10. The first-order valence-electron chi connectivity index (χ1n) is 8.65. The number of ketones is 1. The average Bonchev–Trinajstić information content (AvgIpc) is 2.66. The van der Waals surface area contributed by atoms with Crippen LogP contribution >= 0.6 is 27.5 Å². The summed E-state index contributed by atoms with van der Waals surface area (Å²) in [5.74, 6) is -0.603. The summed E-state index contributed by atoms with van der Waals surface area (Å²) in [5, 5.41) is 0.222. The van der Waals surface area contributed by atoms with Crippen LogP contribution < -0.4 is 0 Å². The first-order valence-corrected chi connectivity index (χ1v) is 9.82. The molecule has 1 atom stereocenters. The summed E-state index contributed by atoms with van der Waals surface area (Å²) >= 11 is 9.66. The summed E-state index contributed by atoms with van der Waals surface area (Å²) in [6, 6.07) is 13.2. The van der Waals surface area contributed by atoms with Gasteiger partial charge in [-0.25, -0.2) is 8.78 Å². The number of hydrogen-bond donors (Lipinski definition) is 0. The van der Waals surface area contributed by atoms with Gasteiger partial charge in [0.1, 0.15) is 11.5 Å². The fraction of sp³-hybridized carbons (Fsp3) is 0.182. The Hall–Kier alpha value is -2.11. The zero-order valence-electron chi connectivity index (χ0n) is 15.1. The van der Waals surface area contributed by atoms with E-state index in [4.69, 9.17) is 11.6 Å². The highest BCUT2D eigenvalue weighted by atomic mass is 79.9. The highest BCUT2D eigenvalue weighted by Gasteiger charge is 2.29. The molecule has 0 aliphatic heterocycles. The van der Waals surface area contributed by atoms with Crippen LogP contribution in [0.4, 0.5) is 8.78 Å². The van der Waals surface area contributed by atoms with Crippen molar-refractivity contribution in [3.63, 3.8) is 0 Å². The number of hydrogen-bond acceptors (Lipinski definition) is 2. The van der Waals surface area contributed by atoms with Crippen LogP contribution in [0.1, 0.15) is 35.7 Å². The third kappa shape index (κ3) is 4.65. The van der Waals surface area contributed by atoms with Gasteiger partial charge in [0.25, 0.3) is 0 Å². The number of Topliss-reactive ketones (excluding diaryl/α,β-unsaturated/α-hetero) is 1. The number of aromatic nitrogens is 1. The molecule has 1 aromatic heterocycles. The molecule has 28 heavy (non-hydrogen) atoms. The predicted molar refractivity (Wildman–Crippen MR) is 111 cm³/mol. The topological polar surface area (TPSA) is 30.0 Å². The number of carbonyl (C=O) groups excluding carboxylic acids is 1. The molecule has 0 aliphatic carbocycles. The van der Waals surface area contributed by atoms with Gasteiger partial charge < -0.3 is 0 Å². The van der Waals surface area contributed by atoms with Crippen molar-refractivity contribution in [3.8, 4) is 11.1 Å². The van der Waals surface area contributed by atoms with Gasteiger partial charge in [-0.1, -0.05) is 57.9 Å². The largest absolute Gasteiger partial charge is 0.294 e. The molecule has 0 bridgehead atoms. The molecule has 1 heterocycles. The Kier molecular flexibility index (Phi) is 6.26. The minimum Gasteiger partial charge on any atom is -0.294 e. The minimum absolute atomic E-state index is 0.00620. The van der Waals surface area contributed by atoms with Gasteiger partial charge in [0.15, 0.2) is 5.78 Å². The SMILES string of the molecule is CC(F)(CCC(=O)c1ccccc1Br)c1ccc(-c2cncc(F)c2)cc1Cl. The van der Waals surface area contributed by atoms with Crippen LogP contribution in [0.25, 0.3) is 11.1 Å². The van der Waals surface area contributed by atoms with Crippen molar-refractivity contribution >= 4 is 33.3 Å². The molecular formula is C22H17BrClF2NO. The predicted octanol–water partition coefficient (Wildman–Crippen LogP) is 7.15. The van der Waals surface area contributed by atoms with E-state index in [1.54, 1.807) is 36.4 Å². The number of carbonyl (C=O) groups is 1. The van der Waals surface area contributed by atoms with Gasteiger partial charge >= 0.3 is 0 Å². The molecule has 0 saturated carbocycles. The minimum atomic E-state index is -1.79. The third-order valence-electron chi connectivity index (χ3n) is 4.56. The Labute approximate surface area is 175 Å². The maximum absolute atomic E-state index is 15.3. The molecule has 0 amide bonds. The second kappa shape index (κ2) is 8.50. The Balaban J connectivity index is 1.78. The lowest BCUT2D eigenvalue weighted by Crippen LogP contribution is -2.18. The highest BCUT2D eigenvalue weighted by Crippen LogP contribution is 2.38. The molecule has 0 N–H and O–H groups in total. The molecule has 3 aromatic rings. The van der Waals surface area contributed by atoms with E-state index in [9.17, 15) is 9.18 Å². The standard InChI is InChI=1S/C22H17BrClF2NO/c1-22(26,9-8-21(28)17-4-2-3-5-19(17)23)18-7-6-14(11-20(18)24)15-10-16(25)13-27-12-15/h2-7,10-13H,8-9H2,1H3. The van der Waals surface area contributed by atoms with Crippen molar-refractivity contribution in [1.82, 2.24) is 4.98 Å². The fourth-order valence-corrected chi connectivity index (χ4v) is 3.88. The molecule has 0 fully saturated rings. The Morgan fingerprint density at radius 1 is 1.14 bits per heavy atom. The van der Waals surface area contributed by atoms with Crippen LogP contribution in [0.5, 0.6) is 0 Å². The normalized spacial score (nSPS) is 13.2. The second-order valence-electron chi connectivity index (χ2n) is 6.69. The van der Waals surface area contributed by atoms with Crippen molar-refractivity contribution < 1.29 is 13.6 Å². The van der Waals surface area contributed by atoms with Crippen LogP contribution in [0, 0.1) is 5.82 Å². The summed E-state index contributed by atoms with van der Waals surface area (Å²) in [5.41, 5.74) is 0.228. The molecule has 1 unspecified atom stereocenters. The lowest BCUT2D eigenvalue weighted by molar-refractivity contribution is 0.0933. The number of nitrogens with zero attached hydrogens (tertiary/aromatic N) is 1. The number of halogens is 4. The zero-order chi connectivity index (χ0) is 20.3. The molecule has 0 spiro atoms. The Morgan fingerprint density at radius 2 is 1.89 bits per heavy atom. The first kappa shape index (κ1) is 20.6. The number of alkyl halides is 1. The van der Waals surface area contributed by atoms with E-state index < -0.39 is 11.5 Å². The molecule has 0 saturated heterocycles. The molecule has 2 nitrogen and oxygen atoms in total. The van der Waals surface area contributed by atoms with E-state index in [1.807, 2.05) is 6.07 Å². The number of pyridine rings is 1. The van der Waals surface area contributed by atoms with Crippen LogP contribution in [-0.4, -0.2) is 10.8 Å². The van der Waals surface area contributed by atoms with E-state index in [0.717, 1.165) is 6.20 Å². The molecule has 3 rings (SSSR count). The van der Waals surface area contributed by atoms with Gasteiger partial charge in [-0.05, 0) is 37.1 Å². The Morgan fingerprint density at radius 3 is 2.57 bits per heavy atom. The van der Waals surface area contributed by atoms with Gasteiger partial charge in [-0.15, -0.1) is 0 Å². The van der Waals surface area contributed by atoms with Crippen molar-refractivity contribution in [2.45, 2.75) is 25.4 Å². The van der Waals surface area contributed by atoms with Gasteiger partial charge in [0, 0.05) is 38.8 Å².